The van der Waals surface area contributed by atoms with Gasteiger partial charge in [0.2, 0.25) is 5.91 Å². The number of unbranched alkanes of at least 4 members (excludes halogenated alkanes) is 58. The van der Waals surface area contributed by atoms with Crippen LogP contribution in [-0.4, -0.2) is 47.4 Å². The average molecular weight is 1200 g/mol. The number of carbonyl (C=O) groups is 2. The average Bonchev–Trinajstić information content (AvgIpc) is 3.51. The summed E-state index contributed by atoms with van der Waals surface area (Å²) in [4.78, 5) is 24.6. The number of allylic oxidation sites excluding steroid dienone is 5. The normalized spacial score (nSPS) is 12.7. The fourth-order valence-corrected chi connectivity index (χ4v) is 12.3. The highest BCUT2D eigenvalue weighted by Gasteiger charge is 2.18. The van der Waals surface area contributed by atoms with E-state index < -0.39 is 12.1 Å². The maximum absolute atomic E-state index is 12.5. The molecular formula is C79H151NO5. The van der Waals surface area contributed by atoms with E-state index in [2.05, 4.69) is 43.5 Å². The Bertz CT molecular complexity index is 1380. The van der Waals surface area contributed by atoms with E-state index in [0.717, 1.165) is 44.9 Å². The number of rotatable bonds is 73. The number of carbonyl (C=O) groups excluding carboxylic acids is 2. The van der Waals surface area contributed by atoms with Crippen molar-refractivity contribution in [2.24, 2.45) is 0 Å². The van der Waals surface area contributed by atoms with E-state index in [1.807, 2.05) is 6.08 Å². The summed E-state index contributed by atoms with van der Waals surface area (Å²) in [5.74, 6) is -0.0455. The third kappa shape index (κ3) is 71.0. The third-order valence-corrected chi connectivity index (χ3v) is 18.2. The molecule has 2 atom stereocenters. The Morgan fingerprint density at radius 2 is 0.588 bits per heavy atom. The molecule has 2 unspecified atom stereocenters. The van der Waals surface area contributed by atoms with Crippen LogP contribution in [-0.2, 0) is 14.3 Å². The van der Waals surface area contributed by atoms with Crippen LogP contribution in [0.2, 0.25) is 0 Å². The zero-order chi connectivity index (χ0) is 61.3. The summed E-state index contributed by atoms with van der Waals surface area (Å²) in [6, 6.07) is -0.628. The van der Waals surface area contributed by atoms with E-state index in [1.165, 1.54) is 360 Å². The Morgan fingerprint density at radius 1 is 0.329 bits per heavy atom. The van der Waals surface area contributed by atoms with Gasteiger partial charge in [-0.1, -0.05) is 391 Å². The number of aliphatic hydroxyl groups is 2. The molecule has 6 nitrogen and oxygen atoms in total. The standard InChI is InChI=1S/C79H151NO5/c1-3-5-7-9-11-13-15-17-19-21-36-41-45-49-53-57-61-65-69-73-79(84)85-74-70-66-62-58-54-50-46-42-38-35-33-31-29-27-25-23-24-26-28-30-32-34-37-40-44-48-52-56-60-64-68-72-78(83)80-76(75-81)77(82)71-67-63-59-55-51-47-43-39-22-20-18-16-14-12-10-8-6-4-2/h25,27,31,33,67,71,76-77,81-82H,3-24,26,28-30,32,34-66,68-70,72-75H2,1-2H3,(H,80,83)/b27-25-,33-31-,71-67+. The minimum absolute atomic E-state index is 0.0184. The van der Waals surface area contributed by atoms with Crippen molar-refractivity contribution in [2.45, 2.75) is 443 Å². The molecule has 0 heterocycles. The number of hydrogen-bond acceptors (Lipinski definition) is 5. The molecule has 0 spiro atoms. The minimum Gasteiger partial charge on any atom is -0.466 e. The molecule has 0 radical (unpaired) electrons. The van der Waals surface area contributed by atoms with Crippen LogP contribution < -0.4 is 5.32 Å². The van der Waals surface area contributed by atoms with Crippen LogP contribution in [0.4, 0.5) is 0 Å². The quantitative estimate of drug-likeness (QED) is 0.0320. The molecule has 0 rings (SSSR count). The molecule has 3 N–H and O–H groups in total. The second-order valence-corrected chi connectivity index (χ2v) is 26.7. The summed E-state index contributed by atoms with van der Waals surface area (Å²) >= 11 is 0. The van der Waals surface area contributed by atoms with Gasteiger partial charge in [-0.25, -0.2) is 0 Å². The smallest absolute Gasteiger partial charge is 0.305 e. The van der Waals surface area contributed by atoms with Gasteiger partial charge in [-0.15, -0.1) is 0 Å². The molecule has 0 aromatic rings. The van der Waals surface area contributed by atoms with Crippen molar-refractivity contribution in [2.75, 3.05) is 13.2 Å². The van der Waals surface area contributed by atoms with E-state index >= 15 is 0 Å². The molecule has 0 saturated heterocycles. The molecule has 0 fully saturated rings. The molecule has 0 aliphatic rings. The molecule has 0 bridgehead atoms. The number of ether oxygens (including phenoxy) is 1. The van der Waals surface area contributed by atoms with Gasteiger partial charge in [-0.05, 0) is 64.2 Å². The van der Waals surface area contributed by atoms with E-state index in [9.17, 15) is 19.8 Å². The second kappa shape index (κ2) is 74.5. The Morgan fingerprint density at radius 3 is 0.894 bits per heavy atom. The molecule has 6 heteroatoms. The fourth-order valence-electron chi connectivity index (χ4n) is 12.3. The highest BCUT2D eigenvalue weighted by Crippen LogP contribution is 2.19. The second-order valence-electron chi connectivity index (χ2n) is 26.7. The van der Waals surface area contributed by atoms with Gasteiger partial charge in [0.05, 0.1) is 25.4 Å². The maximum Gasteiger partial charge on any atom is 0.305 e. The van der Waals surface area contributed by atoms with Crippen molar-refractivity contribution in [1.29, 1.82) is 0 Å². The largest absolute Gasteiger partial charge is 0.466 e. The van der Waals surface area contributed by atoms with Gasteiger partial charge in [-0.3, -0.25) is 9.59 Å². The first kappa shape index (κ1) is 83.1. The Balaban J connectivity index is 3.39. The Hall–Kier alpha value is -1.92. The molecule has 0 aromatic heterocycles. The monoisotopic (exact) mass is 1190 g/mol. The fraction of sp³-hybridized carbons (Fsp3) is 0.899. The van der Waals surface area contributed by atoms with Crippen molar-refractivity contribution in [3.05, 3.63) is 36.5 Å². The van der Waals surface area contributed by atoms with Gasteiger partial charge in [0.25, 0.3) is 0 Å². The SMILES string of the molecule is CCCCCCCCCCCCCCCCCC/C=C/C(O)C(CO)NC(=O)CCCCCCCCCCCCCCCCC/C=C\C/C=C\CCCCCCCCCCCOC(=O)CCCCCCCCCCCCCCCCCCCCC. The van der Waals surface area contributed by atoms with Crippen LogP contribution in [0.5, 0.6) is 0 Å². The number of amides is 1. The lowest BCUT2D eigenvalue weighted by Crippen LogP contribution is -2.45. The lowest BCUT2D eigenvalue weighted by atomic mass is 10.0. The molecular weight excluding hydrogens is 1040 g/mol. The highest BCUT2D eigenvalue weighted by molar-refractivity contribution is 5.76. The van der Waals surface area contributed by atoms with Crippen molar-refractivity contribution >= 4 is 11.9 Å². The maximum atomic E-state index is 12.5. The lowest BCUT2D eigenvalue weighted by molar-refractivity contribution is -0.143. The summed E-state index contributed by atoms with van der Waals surface area (Å²) in [5.41, 5.74) is 0. The first-order valence-corrected chi connectivity index (χ1v) is 38.8. The van der Waals surface area contributed by atoms with Crippen LogP contribution in [0.1, 0.15) is 431 Å². The zero-order valence-corrected chi connectivity index (χ0v) is 57.6. The van der Waals surface area contributed by atoms with E-state index in [1.54, 1.807) is 6.08 Å². The molecule has 85 heavy (non-hydrogen) atoms. The number of aliphatic hydroxyl groups excluding tert-OH is 2. The Labute approximate surface area is 532 Å². The summed E-state index contributed by atoms with van der Waals surface area (Å²) < 4.78 is 5.51. The van der Waals surface area contributed by atoms with Gasteiger partial charge in [0.15, 0.2) is 0 Å². The van der Waals surface area contributed by atoms with Crippen molar-refractivity contribution in [1.82, 2.24) is 5.32 Å². The van der Waals surface area contributed by atoms with Gasteiger partial charge < -0.3 is 20.3 Å². The minimum atomic E-state index is -0.845. The molecule has 0 aromatic carbocycles. The van der Waals surface area contributed by atoms with Crippen LogP contribution in [0.25, 0.3) is 0 Å². The summed E-state index contributed by atoms with van der Waals surface area (Å²) in [6.07, 6.45) is 96.8. The number of hydrogen-bond donors (Lipinski definition) is 3. The predicted molar refractivity (Wildman–Crippen MR) is 375 cm³/mol. The van der Waals surface area contributed by atoms with Crippen LogP contribution in [0.3, 0.4) is 0 Å². The van der Waals surface area contributed by atoms with Crippen LogP contribution in [0.15, 0.2) is 36.5 Å². The van der Waals surface area contributed by atoms with Gasteiger partial charge >= 0.3 is 5.97 Å². The van der Waals surface area contributed by atoms with Crippen LogP contribution in [0, 0.1) is 0 Å². The molecule has 0 saturated carbocycles. The van der Waals surface area contributed by atoms with Crippen LogP contribution >= 0.6 is 0 Å². The van der Waals surface area contributed by atoms with E-state index in [-0.39, 0.29) is 18.5 Å². The zero-order valence-electron chi connectivity index (χ0n) is 57.6. The first-order valence-electron chi connectivity index (χ1n) is 38.8. The van der Waals surface area contributed by atoms with Gasteiger partial charge in [-0.2, -0.15) is 0 Å². The van der Waals surface area contributed by atoms with Gasteiger partial charge in [0.1, 0.15) is 0 Å². The topological polar surface area (TPSA) is 95.9 Å². The Kier molecular flexibility index (Phi) is 72.9. The van der Waals surface area contributed by atoms with Crippen molar-refractivity contribution in [3.8, 4) is 0 Å². The first-order chi connectivity index (χ1) is 42.0. The number of nitrogens with one attached hydrogen (secondary N) is 1. The molecule has 0 aliphatic carbocycles. The predicted octanol–water partition coefficient (Wildman–Crippen LogP) is 25.4. The highest BCUT2D eigenvalue weighted by atomic mass is 16.5. The van der Waals surface area contributed by atoms with Crippen molar-refractivity contribution < 1.29 is 24.5 Å². The molecule has 0 aliphatic heterocycles. The molecule has 502 valence electrons. The van der Waals surface area contributed by atoms with E-state index in [4.69, 9.17) is 4.74 Å². The summed E-state index contributed by atoms with van der Waals surface area (Å²) in [6.45, 7) is 4.95. The van der Waals surface area contributed by atoms with Gasteiger partial charge in [0, 0.05) is 12.8 Å². The summed E-state index contributed by atoms with van der Waals surface area (Å²) in [7, 11) is 0. The summed E-state index contributed by atoms with van der Waals surface area (Å²) in [5, 5.41) is 23.2. The number of esters is 1. The molecule has 1 amide bonds. The lowest BCUT2D eigenvalue weighted by Gasteiger charge is -2.20. The van der Waals surface area contributed by atoms with Crippen molar-refractivity contribution in [3.63, 3.8) is 0 Å². The third-order valence-electron chi connectivity index (χ3n) is 18.2. The van der Waals surface area contributed by atoms with E-state index in [0.29, 0.717) is 19.4 Å².